The Morgan fingerprint density at radius 3 is 2.68 bits per heavy atom. The Bertz CT molecular complexity index is 870. The summed E-state index contributed by atoms with van der Waals surface area (Å²) in [7, 11) is -1.93. The molecule has 28 heavy (non-hydrogen) atoms. The number of ether oxygens (including phenoxy) is 1. The summed E-state index contributed by atoms with van der Waals surface area (Å²) < 4.78 is 47.8. The summed E-state index contributed by atoms with van der Waals surface area (Å²) in [5.41, 5.74) is 0.941. The molecule has 1 aromatic heterocycles. The number of halogens is 1. The van der Waals surface area contributed by atoms with E-state index in [9.17, 15) is 12.8 Å². The predicted octanol–water partition coefficient (Wildman–Crippen LogP) is 1.59. The van der Waals surface area contributed by atoms with Crippen LogP contribution in [0.3, 0.4) is 0 Å². The molecule has 2 heterocycles. The number of nitrogens with one attached hydrogen (secondary N) is 1. The zero-order valence-corrected chi connectivity index (χ0v) is 17.0. The van der Waals surface area contributed by atoms with Crippen LogP contribution in [-0.4, -0.2) is 61.7 Å². The van der Waals surface area contributed by atoms with Crippen LogP contribution >= 0.6 is 0 Å². The van der Waals surface area contributed by atoms with E-state index >= 15 is 0 Å². The highest BCUT2D eigenvalue weighted by molar-refractivity contribution is 7.89. The van der Waals surface area contributed by atoms with Crippen LogP contribution in [0, 0.1) is 11.7 Å². The van der Waals surface area contributed by atoms with Crippen molar-refractivity contribution in [2.75, 3.05) is 39.4 Å². The lowest BCUT2D eigenvalue weighted by atomic mass is 9.89. The molecule has 1 fully saturated rings. The van der Waals surface area contributed by atoms with Gasteiger partial charge in [-0.15, -0.1) is 0 Å². The van der Waals surface area contributed by atoms with Crippen LogP contribution in [0.5, 0.6) is 0 Å². The maximum atomic E-state index is 13.3. The average molecular weight is 411 g/mol. The number of rotatable bonds is 9. The van der Waals surface area contributed by atoms with Crippen LogP contribution in [0.2, 0.25) is 0 Å². The normalized spacial score (nSPS) is 20.7. The molecule has 0 saturated carbocycles. The van der Waals surface area contributed by atoms with E-state index in [-0.39, 0.29) is 22.7 Å². The third-order valence-corrected chi connectivity index (χ3v) is 6.74. The predicted molar refractivity (Wildman–Crippen MR) is 104 cm³/mol. The number of nitrogens with zero attached hydrogens (tertiary/aromatic N) is 3. The lowest BCUT2D eigenvalue weighted by molar-refractivity contribution is 0.148. The van der Waals surface area contributed by atoms with Crippen LogP contribution in [0.25, 0.3) is 0 Å². The summed E-state index contributed by atoms with van der Waals surface area (Å²) in [5, 5.41) is 3.40. The van der Waals surface area contributed by atoms with Crippen molar-refractivity contribution in [3.8, 4) is 0 Å². The molecule has 3 rings (SSSR count). The lowest BCUT2D eigenvalue weighted by Crippen LogP contribution is -2.32. The summed E-state index contributed by atoms with van der Waals surface area (Å²) >= 11 is 0. The first-order valence-corrected chi connectivity index (χ1v) is 10.9. The highest BCUT2D eigenvalue weighted by Crippen LogP contribution is 2.35. The van der Waals surface area contributed by atoms with Gasteiger partial charge >= 0.3 is 0 Å². The second kappa shape index (κ2) is 9.13. The van der Waals surface area contributed by atoms with Crippen molar-refractivity contribution in [3.63, 3.8) is 0 Å². The fourth-order valence-electron chi connectivity index (χ4n) is 3.55. The Morgan fingerprint density at radius 2 is 2.04 bits per heavy atom. The van der Waals surface area contributed by atoms with Crippen LogP contribution in [0.4, 0.5) is 4.39 Å². The number of hydrogen-bond donors (Lipinski definition) is 1. The first kappa shape index (κ1) is 20.9. The van der Waals surface area contributed by atoms with Crippen molar-refractivity contribution < 1.29 is 17.5 Å². The zero-order valence-electron chi connectivity index (χ0n) is 16.2. The summed E-state index contributed by atoms with van der Waals surface area (Å²) in [6.07, 6.45) is 2.99. The van der Waals surface area contributed by atoms with Gasteiger partial charge in [-0.3, -0.25) is 0 Å². The molecular weight excluding hydrogens is 383 g/mol. The van der Waals surface area contributed by atoms with Gasteiger partial charge in [0, 0.05) is 45.4 Å². The van der Waals surface area contributed by atoms with Crippen molar-refractivity contribution >= 4 is 10.0 Å². The summed E-state index contributed by atoms with van der Waals surface area (Å²) in [6.45, 7) is 5.32. The molecule has 1 aromatic carbocycles. The van der Waals surface area contributed by atoms with Crippen LogP contribution < -0.4 is 5.32 Å². The molecule has 2 aromatic rings. The van der Waals surface area contributed by atoms with Gasteiger partial charge < -0.3 is 14.6 Å². The van der Waals surface area contributed by atoms with Gasteiger partial charge in [0.15, 0.2) is 5.03 Å². The minimum atomic E-state index is -3.66. The number of benzene rings is 1. The Kier molecular flexibility index (Phi) is 6.82. The second-order valence-corrected chi connectivity index (χ2v) is 8.90. The fraction of sp³-hybridized carbons (Fsp3) is 0.526. The molecular formula is C19H27FN4O3S. The molecule has 0 radical (unpaired) electrons. The molecule has 2 atom stereocenters. The largest absolute Gasteiger partial charge is 0.380 e. The first-order valence-electron chi connectivity index (χ1n) is 9.44. The molecule has 9 heteroatoms. The fourth-order valence-corrected chi connectivity index (χ4v) is 5.04. The summed E-state index contributed by atoms with van der Waals surface area (Å²) in [5.74, 6) is -0.240. The SMILES string of the molecule is CCOCCNC[C@H]1CN(S(=O)(=O)c2cn(C)cn2)C[C@@H]1c1ccc(F)cc1. The van der Waals surface area contributed by atoms with Crippen molar-refractivity contribution in [2.45, 2.75) is 17.9 Å². The van der Waals surface area contributed by atoms with Crippen LogP contribution in [-0.2, 0) is 21.8 Å². The van der Waals surface area contributed by atoms with Crippen LogP contribution in [0.15, 0.2) is 41.8 Å². The number of imidazole rings is 1. The molecule has 0 bridgehead atoms. The molecule has 0 spiro atoms. The molecule has 1 saturated heterocycles. The van der Waals surface area contributed by atoms with E-state index in [0.29, 0.717) is 39.4 Å². The smallest absolute Gasteiger partial charge is 0.262 e. The van der Waals surface area contributed by atoms with E-state index in [1.165, 1.54) is 29.0 Å². The van der Waals surface area contributed by atoms with E-state index in [1.54, 1.807) is 23.7 Å². The van der Waals surface area contributed by atoms with Gasteiger partial charge in [0.2, 0.25) is 0 Å². The van der Waals surface area contributed by atoms with E-state index in [2.05, 4.69) is 10.3 Å². The van der Waals surface area contributed by atoms with E-state index in [4.69, 9.17) is 4.74 Å². The van der Waals surface area contributed by atoms with Crippen LogP contribution in [0.1, 0.15) is 18.4 Å². The number of aromatic nitrogens is 2. The maximum absolute atomic E-state index is 13.3. The summed E-state index contributed by atoms with van der Waals surface area (Å²) in [4.78, 5) is 4.01. The highest BCUT2D eigenvalue weighted by Gasteiger charge is 2.40. The second-order valence-electron chi connectivity index (χ2n) is 7.02. The third-order valence-electron chi connectivity index (χ3n) is 5.02. The number of aryl methyl sites for hydroxylation is 1. The van der Waals surface area contributed by atoms with Gasteiger partial charge in [-0.25, -0.2) is 17.8 Å². The molecule has 0 amide bonds. The molecule has 0 unspecified atom stereocenters. The van der Waals surface area contributed by atoms with Gasteiger partial charge in [0.1, 0.15) is 5.82 Å². The number of sulfonamides is 1. The van der Waals surface area contributed by atoms with Gasteiger partial charge in [-0.05, 0) is 37.1 Å². The minimum absolute atomic E-state index is 0.0151. The van der Waals surface area contributed by atoms with Gasteiger partial charge in [-0.1, -0.05) is 12.1 Å². The quantitative estimate of drug-likeness (QED) is 0.636. The Morgan fingerprint density at radius 1 is 1.29 bits per heavy atom. The lowest BCUT2D eigenvalue weighted by Gasteiger charge is -2.19. The third kappa shape index (κ3) is 4.78. The molecule has 1 aliphatic heterocycles. The number of hydrogen-bond acceptors (Lipinski definition) is 5. The monoisotopic (exact) mass is 410 g/mol. The molecule has 1 N–H and O–H groups in total. The van der Waals surface area contributed by atoms with Gasteiger partial charge in [0.25, 0.3) is 10.0 Å². The molecule has 7 nitrogen and oxygen atoms in total. The minimum Gasteiger partial charge on any atom is -0.380 e. The first-order chi connectivity index (χ1) is 13.4. The standard InChI is InChI=1S/C19H27FN4O3S/c1-3-27-9-8-21-10-16-11-24(28(25,26)19-13-23(2)14-22-19)12-18(16)15-4-6-17(20)7-5-15/h4-7,13-14,16,18,21H,3,8-12H2,1-2H3/t16-,18+/m0/s1. The Balaban J connectivity index is 1.76. The average Bonchev–Trinajstić information content (AvgIpc) is 3.30. The Labute approximate surface area is 165 Å². The van der Waals surface area contributed by atoms with E-state index in [1.807, 2.05) is 6.92 Å². The van der Waals surface area contributed by atoms with Crippen molar-refractivity contribution in [1.29, 1.82) is 0 Å². The highest BCUT2D eigenvalue weighted by atomic mass is 32.2. The van der Waals surface area contributed by atoms with Gasteiger partial charge in [-0.2, -0.15) is 4.31 Å². The maximum Gasteiger partial charge on any atom is 0.262 e. The molecule has 154 valence electrons. The van der Waals surface area contributed by atoms with Crippen molar-refractivity contribution in [1.82, 2.24) is 19.2 Å². The Hall–Kier alpha value is -1.81. The topological polar surface area (TPSA) is 76.5 Å². The van der Waals surface area contributed by atoms with Gasteiger partial charge in [0.05, 0.1) is 12.9 Å². The van der Waals surface area contributed by atoms with E-state index in [0.717, 1.165) is 5.56 Å². The van der Waals surface area contributed by atoms with E-state index < -0.39 is 10.0 Å². The summed E-state index contributed by atoms with van der Waals surface area (Å²) in [6, 6.07) is 6.32. The zero-order chi connectivity index (χ0) is 20.1. The van der Waals surface area contributed by atoms with Crippen molar-refractivity contribution in [2.24, 2.45) is 13.0 Å². The van der Waals surface area contributed by atoms with Crippen molar-refractivity contribution in [3.05, 3.63) is 48.2 Å². The molecule has 1 aliphatic rings. The molecule has 0 aliphatic carbocycles.